The van der Waals surface area contributed by atoms with Gasteiger partial charge in [-0.05, 0) is 43.7 Å². The number of hydrogen-bond donors (Lipinski definition) is 2. The van der Waals surface area contributed by atoms with Crippen molar-refractivity contribution in [3.8, 4) is 0 Å². The van der Waals surface area contributed by atoms with Crippen molar-refractivity contribution >= 4 is 21.4 Å². The van der Waals surface area contributed by atoms with E-state index in [-0.39, 0.29) is 6.10 Å². The Hall–Kier alpha value is -0.470. The summed E-state index contributed by atoms with van der Waals surface area (Å²) in [6, 6.07) is 1.68. The van der Waals surface area contributed by atoms with E-state index < -0.39 is 10.0 Å². The lowest BCUT2D eigenvalue weighted by Crippen LogP contribution is -2.30. The molecule has 0 saturated carbocycles. The van der Waals surface area contributed by atoms with E-state index >= 15 is 0 Å². The van der Waals surface area contributed by atoms with E-state index in [1.807, 2.05) is 12.3 Å². The summed E-state index contributed by atoms with van der Waals surface area (Å²) in [4.78, 5) is 1.26. The van der Waals surface area contributed by atoms with Crippen molar-refractivity contribution in [1.82, 2.24) is 10.0 Å². The molecule has 0 aliphatic carbocycles. The van der Waals surface area contributed by atoms with Crippen LogP contribution >= 0.6 is 11.3 Å². The van der Waals surface area contributed by atoms with Crippen LogP contribution in [0, 0.1) is 0 Å². The molecule has 0 aromatic carbocycles. The fourth-order valence-corrected chi connectivity index (χ4v) is 4.86. The molecule has 2 N–H and O–H groups in total. The van der Waals surface area contributed by atoms with E-state index in [2.05, 4.69) is 10.0 Å². The van der Waals surface area contributed by atoms with Gasteiger partial charge in [0.1, 0.15) is 0 Å². The topological polar surface area (TPSA) is 67.4 Å². The second-order valence-corrected chi connectivity index (χ2v) is 7.90. The van der Waals surface area contributed by atoms with Crippen molar-refractivity contribution in [1.29, 1.82) is 0 Å². The van der Waals surface area contributed by atoms with Crippen LogP contribution in [0.1, 0.15) is 37.5 Å². The lowest BCUT2D eigenvalue weighted by molar-refractivity contribution is 0.0123. The first-order valence-corrected chi connectivity index (χ1v) is 9.88. The number of ether oxygens (including phenoxy) is 1. The molecule has 0 spiro atoms. The minimum absolute atomic E-state index is 0.199. The summed E-state index contributed by atoms with van der Waals surface area (Å²) in [6.07, 6.45) is 4.27. The molecule has 1 aromatic heterocycles. The average Bonchev–Trinajstić information content (AvgIpc) is 2.95. The minimum Gasteiger partial charge on any atom is -0.378 e. The van der Waals surface area contributed by atoms with Gasteiger partial charge in [0, 0.05) is 24.6 Å². The Morgan fingerprint density at radius 2 is 2.29 bits per heavy atom. The van der Waals surface area contributed by atoms with Gasteiger partial charge in [-0.25, -0.2) is 13.1 Å². The number of nitrogens with one attached hydrogen (secondary N) is 2. The summed E-state index contributed by atoms with van der Waals surface area (Å²) in [5.41, 5.74) is 0. The fourth-order valence-electron chi connectivity index (χ4n) is 2.40. The highest BCUT2D eigenvalue weighted by Gasteiger charge is 2.20. The van der Waals surface area contributed by atoms with Crippen LogP contribution in [0.25, 0.3) is 0 Å². The smallest absolute Gasteiger partial charge is 0.241 e. The summed E-state index contributed by atoms with van der Waals surface area (Å²) in [7, 11) is -3.41. The summed E-state index contributed by atoms with van der Waals surface area (Å²) in [6.45, 7) is 4.66. The van der Waals surface area contributed by atoms with Crippen molar-refractivity contribution in [3.63, 3.8) is 0 Å². The van der Waals surface area contributed by atoms with Gasteiger partial charge in [-0.2, -0.15) is 0 Å². The minimum atomic E-state index is -3.41. The van der Waals surface area contributed by atoms with Gasteiger partial charge in [0.25, 0.3) is 0 Å². The van der Waals surface area contributed by atoms with Crippen LogP contribution < -0.4 is 10.0 Å². The number of sulfonamides is 1. The molecule has 1 aromatic rings. The molecule has 1 aliphatic rings. The van der Waals surface area contributed by atoms with E-state index in [0.29, 0.717) is 18.0 Å². The van der Waals surface area contributed by atoms with E-state index in [1.165, 1.54) is 17.8 Å². The predicted octanol–water partition coefficient (Wildman–Crippen LogP) is 2.10. The Morgan fingerprint density at radius 1 is 1.43 bits per heavy atom. The molecular formula is C14H24N2O3S2. The average molecular weight is 332 g/mol. The number of hydrogen-bond acceptors (Lipinski definition) is 5. The van der Waals surface area contributed by atoms with Gasteiger partial charge >= 0.3 is 0 Å². The molecule has 7 heteroatoms. The van der Waals surface area contributed by atoms with Crippen molar-refractivity contribution in [3.05, 3.63) is 16.3 Å². The molecule has 2 heterocycles. The monoisotopic (exact) mass is 332 g/mol. The van der Waals surface area contributed by atoms with Crippen LogP contribution in [0.15, 0.2) is 16.3 Å². The van der Waals surface area contributed by atoms with Gasteiger partial charge in [-0.3, -0.25) is 0 Å². The van der Waals surface area contributed by atoms with Crippen LogP contribution in [0.4, 0.5) is 0 Å². The lowest BCUT2D eigenvalue weighted by atomic mass is 10.1. The standard InChI is InChI=1S/C14H24N2O3S2/c1-2-15-11-13-14(7-10-20-13)21(17,18)16-8-6-12-5-3-4-9-19-12/h7,10,12,15-16H,2-6,8-9,11H2,1H3. The van der Waals surface area contributed by atoms with Crippen LogP contribution in [0.3, 0.4) is 0 Å². The number of rotatable bonds is 8. The van der Waals surface area contributed by atoms with E-state index in [4.69, 9.17) is 4.74 Å². The second kappa shape index (κ2) is 8.24. The molecule has 1 unspecified atom stereocenters. The highest BCUT2D eigenvalue weighted by Crippen LogP contribution is 2.22. The first-order valence-electron chi connectivity index (χ1n) is 7.52. The maximum atomic E-state index is 12.3. The van der Waals surface area contributed by atoms with Gasteiger partial charge in [-0.15, -0.1) is 11.3 Å². The molecule has 0 bridgehead atoms. The summed E-state index contributed by atoms with van der Waals surface area (Å²) < 4.78 is 33.0. The Kier molecular flexibility index (Phi) is 6.63. The van der Waals surface area contributed by atoms with Gasteiger partial charge in [-0.1, -0.05) is 6.92 Å². The highest BCUT2D eigenvalue weighted by atomic mass is 32.2. The first kappa shape index (κ1) is 16.9. The van der Waals surface area contributed by atoms with Gasteiger partial charge in [0.15, 0.2) is 0 Å². The van der Waals surface area contributed by atoms with Crippen LogP contribution in [-0.4, -0.2) is 34.2 Å². The van der Waals surface area contributed by atoms with Crippen LogP contribution in [0.5, 0.6) is 0 Å². The van der Waals surface area contributed by atoms with Gasteiger partial charge < -0.3 is 10.1 Å². The molecular weight excluding hydrogens is 308 g/mol. The Balaban J connectivity index is 1.87. The largest absolute Gasteiger partial charge is 0.378 e. The van der Waals surface area contributed by atoms with E-state index in [1.54, 1.807) is 6.07 Å². The first-order chi connectivity index (χ1) is 10.1. The zero-order chi connectivity index (χ0) is 15.1. The third-order valence-corrected chi connectivity index (χ3v) is 6.16. The zero-order valence-electron chi connectivity index (χ0n) is 12.4. The third-order valence-electron chi connectivity index (χ3n) is 3.56. The molecule has 0 amide bonds. The fraction of sp³-hybridized carbons (Fsp3) is 0.714. The molecule has 120 valence electrons. The molecule has 1 fully saturated rings. The van der Waals surface area contributed by atoms with Gasteiger partial charge in [0.2, 0.25) is 10.0 Å². The lowest BCUT2D eigenvalue weighted by Gasteiger charge is -2.22. The van der Waals surface area contributed by atoms with E-state index in [0.717, 1.165) is 37.3 Å². The third kappa shape index (κ3) is 5.03. The molecule has 5 nitrogen and oxygen atoms in total. The Bertz CT molecular complexity index is 522. The van der Waals surface area contributed by atoms with Crippen LogP contribution in [-0.2, 0) is 21.3 Å². The van der Waals surface area contributed by atoms with Crippen molar-refractivity contribution in [2.24, 2.45) is 0 Å². The molecule has 2 rings (SSSR count). The molecule has 21 heavy (non-hydrogen) atoms. The Labute approximate surface area is 131 Å². The molecule has 1 saturated heterocycles. The SMILES string of the molecule is CCNCc1sccc1S(=O)(=O)NCCC1CCCCO1. The molecule has 1 atom stereocenters. The molecule has 0 radical (unpaired) electrons. The zero-order valence-corrected chi connectivity index (χ0v) is 14.1. The summed E-state index contributed by atoms with van der Waals surface area (Å²) in [5, 5.41) is 4.99. The molecule has 1 aliphatic heterocycles. The summed E-state index contributed by atoms with van der Waals surface area (Å²) >= 11 is 1.47. The van der Waals surface area contributed by atoms with Crippen LogP contribution in [0.2, 0.25) is 0 Å². The highest BCUT2D eigenvalue weighted by molar-refractivity contribution is 7.89. The Morgan fingerprint density at radius 3 is 3.00 bits per heavy atom. The second-order valence-electron chi connectivity index (χ2n) is 5.16. The normalized spacial score (nSPS) is 19.8. The van der Waals surface area contributed by atoms with Crippen molar-refractivity contribution < 1.29 is 13.2 Å². The predicted molar refractivity (Wildman–Crippen MR) is 85.1 cm³/mol. The quantitative estimate of drug-likeness (QED) is 0.765. The van der Waals surface area contributed by atoms with Gasteiger partial charge in [0.05, 0.1) is 11.0 Å². The summed E-state index contributed by atoms with van der Waals surface area (Å²) in [5.74, 6) is 0. The maximum Gasteiger partial charge on any atom is 0.241 e. The maximum absolute atomic E-state index is 12.3. The van der Waals surface area contributed by atoms with Crippen molar-refractivity contribution in [2.45, 2.75) is 50.2 Å². The number of thiophene rings is 1. The van der Waals surface area contributed by atoms with Crippen molar-refractivity contribution in [2.75, 3.05) is 19.7 Å². The van der Waals surface area contributed by atoms with E-state index in [9.17, 15) is 8.42 Å².